The lowest BCUT2D eigenvalue weighted by molar-refractivity contribution is 0.0772. The van der Waals surface area contributed by atoms with E-state index in [9.17, 15) is 4.79 Å². The predicted octanol–water partition coefficient (Wildman–Crippen LogP) is 4.00. The van der Waals surface area contributed by atoms with Crippen LogP contribution >= 0.6 is 11.6 Å². The number of carbonyl (C=O) groups excluding carboxylic acids is 1. The number of methoxy groups -OCH3 is 1. The summed E-state index contributed by atoms with van der Waals surface area (Å²) in [5.41, 5.74) is 1.16. The molecule has 0 saturated heterocycles. The number of furan rings is 1. The van der Waals surface area contributed by atoms with Gasteiger partial charge in [0.05, 0.1) is 36.2 Å². The third kappa shape index (κ3) is 3.16. The highest BCUT2D eigenvalue weighted by Gasteiger charge is 2.20. The molecular formula is C18H17ClN2O3. The molecule has 0 N–H and O–H groups in total. The van der Waals surface area contributed by atoms with Crippen LogP contribution in [0.15, 0.2) is 59.5 Å². The second-order valence-electron chi connectivity index (χ2n) is 5.33. The number of aromatic nitrogens is 1. The summed E-state index contributed by atoms with van der Waals surface area (Å²) in [6.07, 6.45) is 5.34. The molecule has 0 aliphatic heterocycles. The quantitative estimate of drug-likeness (QED) is 0.702. The van der Waals surface area contributed by atoms with Crippen LogP contribution in [0.4, 0.5) is 0 Å². The van der Waals surface area contributed by atoms with Gasteiger partial charge in [0.2, 0.25) is 0 Å². The minimum Gasteiger partial charge on any atom is -0.496 e. The molecule has 24 heavy (non-hydrogen) atoms. The molecule has 2 aromatic heterocycles. The van der Waals surface area contributed by atoms with E-state index in [0.717, 1.165) is 5.69 Å². The number of rotatable bonds is 5. The topological polar surface area (TPSA) is 47.6 Å². The number of amides is 1. The van der Waals surface area contributed by atoms with E-state index in [0.29, 0.717) is 28.6 Å². The largest absolute Gasteiger partial charge is 0.496 e. The molecule has 0 saturated carbocycles. The molecule has 0 unspecified atom stereocenters. The van der Waals surface area contributed by atoms with Gasteiger partial charge in [-0.05, 0) is 30.3 Å². The van der Waals surface area contributed by atoms with Crippen molar-refractivity contribution in [3.8, 4) is 11.4 Å². The maximum atomic E-state index is 12.7. The van der Waals surface area contributed by atoms with Gasteiger partial charge in [-0.1, -0.05) is 11.6 Å². The molecule has 6 heteroatoms. The monoisotopic (exact) mass is 344 g/mol. The van der Waals surface area contributed by atoms with Crippen molar-refractivity contribution in [2.75, 3.05) is 14.2 Å². The standard InChI is InChI=1S/C18H17ClN2O3/c1-20(12-13-6-5-9-24-13)18(22)14-10-15(19)16(11-17(14)23-2)21-7-3-4-8-21/h3-11H,12H2,1-2H3. The van der Waals surface area contributed by atoms with Crippen molar-refractivity contribution < 1.29 is 13.9 Å². The SMILES string of the molecule is COc1cc(-n2cccc2)c(Cl)cc1C(=O)N(C)Cc1ccco1. The predicted molar refractivity (Wildman–Crippen MR) is 91.8 cm³/mol. The number of nitrogens with zero attached hydrogens (tertiary/aromatic N) is 2. The molecule has 1 aromatic carbocycles. The van der Waals surface area contributed by atoms with Crippen molar-refractivity contribution in [1.82, 2.24) is 9.47 Å². The Morgan fingerprint density at radius 2 is 2.04 bits per heavy atom. The van der Waals surface area contributed by atoms with E-state index in [-0.39, 0.29) is 5.91 Å². The van der Waals surface area contributed by atoms with Gasteiger partial charge in [-0.3, -0.25) is 4.79 Å². The first-order valence-electron chi connectivity index (χ1n) is 7.39. The molecule has 3 aromatic rings. The van der Waals surface area contributed by atoms with E-state index in [4.69, 9.17) is 20.8 Å². The average Bonchev–Trinajstić information content (AvgIpc) is 3.27. The summed E-state index contributed by atoms with van der Waals surface area (Å²) in [6.45, 7) is 0.367. The fourth-order valence-electron chi connectivity index (χ4n) is 2.49. The Hall–Kier alpha value is -2.66. The Labute approximate surface area is 145 Å². The third-order valence-corrected chi connectivity index (χ3v) is 4.00. The highest BCUT2D eigenvalue weighted by molar-refractivity contribution is 6.33. The summed E-state index contributed by atoms with van der Waals surface area (Å²) >= 11 is 6.38. The molecule has 2 heterocycles. The first-order chi connectivity index (χ1) is 11.6. The van der Waals surface area contributed by atoms with Crippen LogP contribution in [0.1, 0.15) is 16.1 Å². The van der Waals surface area contributed by atoms with E-state index in [1.54, 1.807) is 36.4 Å². The lowest BCUT2D eigenvalue weighted by atomic mass is 10.1. The van der Waals surface area contributed by atoms with E-state index >= 15 is 0 Å². The second-order valence-corrected chi connectivity index (χ2v) is 5.74. The lowest BCUT2D eigenvalue weighted by Crippen LogP contribution is -2.26. The highest BCUT2D eigenvalue weighted by Crippen LogP contribution is 2.30. The molecule has 0 spiro atoms. The molecule has 0 aliphatic rings. The van der Waals surface area contributed by atoms with E-state index in [1.165, 1.54) is 7.11 Å². The van der Waals surface area contributed by atoms with Crippen molar-refractivity contribution in [2.45, 2.75) is 6.54 Å². The Balaban J connectivity index is 1.92. The molecular weight excluding hydrogens is 328 g/mol. The van der Waals surface area contributed by atoms with Crippen LogP contribution < -0.4 is 4.74 Å². The molecule has 124 valence electrons. The van der Waals surface area contributed by atoms with Gasteiger partial charge in [-0.25, -0.2) is 0 Å². The van der Waals surface area contributed by atoms with E-state index in [2.05, 4.69) is 0 Å². The molecule has 1 amide bonds. The van der Waals surface area contributed by atoms with Gasteiger partial charge in [0.15, 0.2) is 0 Å². The van der Waals surface area contributed by atoms with Crippen LogP contribution in [-0.2, 0) is 6.54 Å². The number of halogens is 1. The van der Waals surface area contributed by atoms with Crippen LogP contribution in [0, 0.1) is 0 Å². The van der Waals surface area contributed by atoms with Gasteiger partial charge >= 0.3 is 0 Å². The van der Waals surface area contributed by atoms with E-state index in [1.807, 2.05) is 35.2 Å². The fourth-order valence-corrected chi connectivity index (χ4v) is 2.75. The molecule has 0 radical (unpaired) electrons. The average molecular weight is 345 g/mol. The third-order valence-electron chi connectivity index (χ3n) is 3.70. The Morgan fingerprint density at radius 1 is 1.29 bits per heavy atom. The normalized spacial score (nSPS) is 10.6. The zero-order chi connectivity index (χ0) is 17.1. The second kappa shape index (κ2) is 6.84. The molecule has 3 rings (SSSR count). The summed E-state index contributed by atoms with van der Waals surface area (Å²) in [5, 5.41) is 0.474. The number of carbonyl (C=O) groups is 1. The number of hydrogen-bond acceptors (Lipinski definition) is 3. The summed E-state index contributed by atoms with van der Waals surface area (Å²) in [5.74, 6) is 0.989. The Bertz CT molecular complexity index is 826. The maximum absolute atomic E-state index is 12.7. The summed E-state index contributed by atoms with van der Waals surface area (Å²) in [6, 6.07) is 10.8. The Kier molecular flexibility index (Phi) is 4.62. The minimum absolute atomic E-state index is 0.191. The van der Waals surface area contributed by atoms with Crippen LogP contribution in [0.25, 0.3) is 5.69 Å². The fraction of sp³-hybridized carbons (Fsp3) is 0.167. The van der Waals surface area contributed by atoms with Gasteiger partial charge in [0.1, 0.15) is 11.5 Å². The van der Waals surface area contributed by atoms with Crippen LogP contribution in [0.2, 0.25) is 5.02 Å². The van der Waals surface area contributed by atoms with Gasteiger partial charge in [-0.15, -0.1) is 0 Å². The Morgan fingerprint density at radius 3 is 2.67 bits per heavy atom. The molecule has 5 nitrogen and oxygen atoms in total. The summed E-state index contributed by atoms with van der Waals surface area (Å²) in [7, 11) is 3.24. The van der Waals surface area contributed by atoms with E-state index < -0.39 is 0 Å². The number of ether oxygens (including phenoxy) is 1. The first kappa shape index (κ1) is 16.2. The van der Waals surface area contributed by atoms with Crippen molar-refractivity contribution in [3.63, 3.8) is 0 Å². The molecule has 0 atom stereocenters. The summed E-state index contributed by atoms with van der Waals surface area (Å²) in [4.78, 5) is 14.3. The summed E-state index contributed by atoms with van der Waals surface area (Å²) < 4.78 is 12.6. The smallest absolute Gasteiger partial charge is 0.257 e. The van der Waals surface area contributed by atoms with Crippen molar-refractivity contribution >= 4 is 17.5 Å². The zero-order valence-electron chi connectivity index (χ0n) is 13.4. The van der Waals surface area contributed by atoms with Gasteiger partial charge in [0, 0.05) is 25.5 Å². The first-order valence-corrected chi connectivity index (χ1v) is 7.76. The van der Waals surface area contributed by atoms with Gasteiger partial charge < -0.3 is 18.6 Å². The minimum atomic E-state index is -0.191. The van der Waals surface area contributed by atoms with Crippen molar-refractivity contribution in [1.29, 1.82) is 0 Å². The van der Waals surface area contributed by atoms with Crippen LogP contribution in [0.3, 0.4) is 0 Å². The number of benzene rings is 1. The number of hydrogen-bond donors (Lipinski definition) is 0. The molecule has 0 aliphatic carbocycles. The highest BCUT2D eigenvalue weighted by atomic mass is 35.5. The molecule has 0 fully saturated rings. The maximum Gasteiger partial charge on any atom is 0.257 e. The lowest BCUT2D eigenvalue weighted by Gasteiger charge is -2.19. The van der Waals surface area contributed by atoms with Crippen LogP contribution in [-0.4, -0.2) is 29.5 Å². The van der Waals surface area contributed by atoms with Crippen molar-refractivity contribution in [3.05, 3.63) is 71.4 Å². The van der Waals surface area contributed by atoms with Crippen LogP contribution in [0.5, 0.6) is 5.75 Å². The van der Waals surface area contributed by atoms with Gasteiger partial charge in [0.25, 0.3) is 5.91 Å². The molecule has 0 bridgehead atoms. The van der Waals surface area contributed by atoms with Crippen molar-refractivity contribution in [2.24, 2.45) is 0 Å². The zero-order valence-corrected chi connectivity index (χ0v) is 14.2. The van der Waals surface area contributed by atoms with Gasteiger partial charge in [-0.2, -0.15) is 0 Å².